The van der Waals surface area contributed by atoms with E-state index >= 15 is 0 Å². The smallest absolute Gasteiger partial charge is 0.416 e. The first-order chi connectivity index (χ1) is 12.1. The average molecular weight is 385 g/mol. The highest BCUT2D eigenvalue weighted by Crippen LogP contribution is 2.33. The number of carbonyl (C=O) groups excluding carboxylic acids is 1. The van der Waals surface area contributed by atoms with Crippen LogP contribution in [0, 0.1) is 0 Å². The maximum Gasteiger partial charge on any atom is 0.416 e. The fourth-order valence-corrected chi connectivity index (χ4v) is 2.78. The van der Waals surface area contributed by atoms with Crippen molar-refractivity contribution in [2.24, 2.45) is 0 Å². The molecule has 1 N–H and O–H groups in total. The molecule has 2 aromatic carbocycles. The number of nitrogens with one attached hydrogen (secondary N) is 1. The molecule has 0 aliphatic heterocycles. The molecule has 1 amide bonds. The SMILES string of the molecule is COc1cc(C(F)(F)F)ccc1C(=O)NS(=O)(=O)C=Cc1ccccc1. The second kappa shape index (κ2) is 7.61. The van der Waals surface area contributed by atoms with Crippen molar-refractivity contribution in [3.8, 4) is 5.75 Å². The summed E-state index contributed by atoms with van der Waals surface area (Å²) < 4.78 is 68.6. The molecule has 0 fully saturated rings. The first-order valence-corrected chi connectivity index (χ1v) is 8.72. The minimum absolute atomic E-state index is 0.336. The van der Waals surface area contributed by atoms with Gasteiger partial charge in [0.05, 0.1) is 23.6 Å². The third-order valence-corrected chi connectivity index (χ3v) is 4.21. The van der Waals surface area contributed by atoms with Crippen LogP contribution in [0.1, 0.15) is 21.5 Å². The Labute approximate surface area is 148 Å². The molecule has 0 aliphatic rings. The van der Waals surface area contributed by atoms with Gasteiger partial charge in [-0.3, -0.25) is 4.79 Å². The van der Waals surface area contributed by atoms with E-state index < -0.39 is 27.7 Å². The fourth-order valence-electron chi connectivity index (χ4n) is 2.01. The molecule has 0 spiro atoms. The van der Waals surface area contributed by atoms with Crippen LogP contribution in [0.15, 0.2) is 53.9 Å². The highest BCUT2D eigenvalue weighted by Gasteiger charge is 2.32. The molecule has 0 unspecified atom stereocenters. The summed E-state index contributed by atoms with van der Waals surface area (Å²) >= 11 is 0. The average Bonchev–Trinajstić information content (AvgIpc) is 2.59. The molecular formula is C17H14F3NO4S. The zero-order chi connectivity index (χ0) is 19.4. The minimum Gasteiger partial charge on any atom is -0.496 e. The van der Waals surface area contributed by atoms with Crippen molar-refractivity contribution < 1.29 is 31.1 Å². The van der Waals surface area contributed by atoms with Crippen molar-refractivity contribution in [1.82, 2.24) is 4.72 Å². The van der Waals surface area contributed by atoms with E-state index in [2.05, 4.69) is 0 Å². The summed E-state index contributed by atoms with van der Waals surface area (Å²) in [6.45, 7) is 0. The summed E-state index contributed by atoms with van der Waals surface area (Å²) in [5, 5.41) is 0.788. The quantitative estimate of drug-likeness (QED) is 0.856. The highest BCUT2D eigenvalue weighted by atomic mass is 32.2. The molecule has 0 aliphatic carbocycles. The van der Waals surface area contributed by atoms with E-state index in [0.717, 1.165) is 18.6 Å². The van der Waals surface area contributed by atoms with Crippen molar-refractivity contribution in [2.45, 2.75) is 6.18 Å². The normalized spacial score (nSPS) is 12.2. The lowest BCUT2D eigenvalue weighted by Crippen LogP contribution is -2.29. The summed E-state index contributed by atoms with van der Waals surface area (Å²) in [6, 6.07) is 10.6. The maximum atomic E-state index is 12.7. The zero-order valence-electron chi connectivity index (χ0n) is 13.4. The molecular weight excluding hydrogens is 371 g/mol. The Hall–Kier alpha value is -2.81. The van der Waals surface area contributed by atoms with E-state index in [0.29, 0.717) is 17.7 Å². The molecule has 0 radical (unpaired) electrons. The molecule has 0 atom stereocenters. The van der Waals surface area contributed by atoms with E-state index in [1.165, 1.54) is 6.08 Å². The first kappa shape index (κ1) is 19.5. The predicted molar refractivity (Wildman–Crippen MR) is 89.9 cm³/mol. The van der Waals surface area contributed by atoms with Crippen molar-refractivity contribution in [2.75, 3.05) is 7.11 Å². The molecule has 2 rings (SSSR count). The van der Waals surface area contributed by atoms with Gasteiger partial charge in [0.25, 0.3) is 15.9 Å². The third-order valence-electron chi connectivity index (χ3n) is 3.25. The molecule has 2 aromatic rings. The van der Waals surface area contributed by atoms with Crippen LogP contribution in [0.3, 0.4) is 0 Å². The number of hydrogen-bond donors (Lipinski definition) is 1. The number of benzene rings is 2. The second-order valence-corrected chi connectivity index (χ2v) is 6.67. The molecule has 0 saturated heterocycles. The first-order valence-electron chi connectivity index (χ1n) is 7.18. The van der Waals surface area contributed by atoms with Gasteiger partial charge in [-0.15, -0.1) is 0 Å². The summed E-state index contributed by atoms with van der Waals surface area (Å²) in [6.07, 6.45) is -3.34. The van der Waals surface area contributed by atoms with E-state index in [4.69, 9.17) is 4.74 Å². The van der Waals surface area contributed by atoms with Gasteiger partial charge in [-0.25, -0.2) is 13.1 Å². The molecule has 5 nitrogen and oxygen atoms in total. The van der Waals surface area contributed by atoms with Crippen molar-refractivity contribution in [1.29, 1.82) is 0 Å². The van der Waals surface area contributed by atoms with Gasteiger partial charge in [-0.2, -0.15) is 13.2 Å². The van der Waals surface area contributed by atoms with Gasteiger partial charge in [0.1, 0.15) is 5.75 Å². The number of halogens is 3. The number of carbonyl (C=O) groups is 1. The van der Waals surface area contributed by atoms with Gasteiger partial charge < -0.3 is 4.74 Å². The number of rotatable bonds is 5. The number of alkyl halides is 3. The largest absolute Gasteiger partial charge is 0.496 e. The van der Waals surface area contributed by atoms with Crippen LogP contribution >= 0.6 is 0 Å². The number of sulfonamides is 1. The van der Waals surface area contributed by atoms with Gasteiger partial charge in [-0.05, 0) is 29.8 Å². The number of ether oxygens (including phenoxy) is 1. The Bertz CT molecular complexity index is 923. The molecule has 0 aromatic heterocycles. The van der Waals surface area contributed by atoms with Gasteiger partial charge >= 0.3 is 6.18 Å². The van der Waals surface area contributed by atoms with Crippen LogP contribution in [-0.4, -0.2) is 21.4 Å². The zero-order valence-corrected chi connectivity index (χ0v) is 14.3. The fraction of sp³-hybridized carbons (Fsp3) is 0.118. The Morgan fingerprint density at radius 1 is 1.12 bits per heavy atom. The Balaban J connectivity index is 2.22. The Kier molecular flexibility index (Phi) is 5.71. The van der Waals surface area contributed by atoms with Crippen LogP contribution in [0.5, 0.6) is 5.75 Å². The standard InChI is InChI=1S/C17H14F3NO4S/c1-25-15-11-13(17(18,19)20)7-8-14(15)16(22)21-26(23,24)10-9-12-5-3-2-4-6-12/h2-11H,1H3,(H,21,22). The van der Waals surface area contributed by atoms with Crippen LogP contribution in [0.25, 0.3) is 6.08 Å². The monoisotopic (exact) mass is 385 g/mol. The van der Waals surface area contributed by atoms with Crippen LogP contribution in [-0.2, 0) is 16.2 Å². The predicted octanol–water partition coefficient (Wildman–Crippen LogP) is 3.44. The van der Waals surface area contributed by atoms with Gasteiger partial charge in [0.15, 0.2) is 0 Å². The summed E-state index contributed by atoms with van der Waals surface area (Å²) in [7, 11) is -3.07. The van der Waals surface area contributed by atoms with E-state index in [1.54, 1.807) is 35.1 Å². The van der Waals surface area contributed by atoms with Gasteiger partial charge in [-0.1, -0.05) is 30.3 Å². The Morgan fingerprint density at radius 3 is 2.35 bits per heavy atom. The highest BCUT2D eigenvalue weighted by molar-refractivity contribution is 7.93. The van der Waals surface area contributed by atoms with Crippen LogP contribution in [0.4, 0.5) is 13.2 Å². The minimum atomic E-state index is -4.62. The molecule has 0 bridgehead atoms. The van der Waals surface area contributed by atoms with Crippen molar-refractivity contribution >= 4 is 22.0 Å². The molecule has 9 heteroatoms. The van der Waals surface area contributed by atoms with Crippen molar-refractivity contribution in [3.63, 3.8) is 0 Å². The lowest BCUT2D eigenvalue weighted by molar-refractivity contribution is -0.137. The van der Waals surface area contributed by atoms with Gasteiger partial charge in [0, 0.05) is 0 Å². The third kappa shape index (κ3) is 5.09. The van der Waals surface area contributed by atoms with Crippen LogP contribution < -0.4 is 9.46 Å². The summed E-state index contributed by atoms with van der Waals surface area (Å²) in [4.78, 5) is 12.1. The number of methoxy groups -OCH3 is 1. The molecule has 0 heterocycles. The second-order valence-electron chi connectivity index (χ2n) is 5.10. The van der Waals surface area contributed by atoms with E-state index in [-0.39, 0.29) is 11.3 Å². The molecule has 0 saturated carbocycles. The lowest BCUT2D eigenvalue weighted by Gasteiger charge is -2.12. The number of amides is 1. The van der Waals surface area contributed by atoms with Crippen molar-refractivity contribution in [3.05, 3.63) is 70.6 Å². The van der Waals surface area contributed by atoms with E-state index in [1.807, 2.05) is 0 Å². The summed E-state index contributed by atoms with van der Waals surface area (Å²) in [5.74, 6) is -1.49. The molecule has 26 heavy (non-hydrogen) atoms. The van der Waals surface area contributed by atoms with E-state index in [9.17, 15) is 26.4 Å². The topological polar surface area (TPSA) is 72.5 Å². The number of hydrogen-bond acceptors (Lipinski definition) is 4. The summed E-state index contributed by atoms with van der Waals surface area (Å²) in [5.41, 5.74) is -0.757. The maximum absolute atomic E-state index is 12.7. The Morgan fingerprint density at radius 2 is 1.77 bits per heavy atom. The van der Waals surface area contributed by atoms with Crippen LogP contribution in [0.2, 0.25) is 0 Å². The van der Waals surface area contributed by atoms with Gasteiger partial charge in [0.2, 0.25) is 0 Å². The molecule has 138 valence electrons. The lowest BCUT2D eigenvalue weighted by atomic mass is 10.1.